The first kappa shape index (κ1) is 21.9. The van der Waals surface area contributed by atoms with E-state index >= 15 is 0 Å². The lowest BCUT2D eigenvalue weighted by Crippen LogP contribution is -2.46. The van der Waals surface area contributed by atoms with Crippen molar-refractivity contribution in [2.45, 2.75) is 24.8 Å². The molecule has 1 atom stereocenters. The topological polar surface area (TPSA) is 90.9 Å². The second-order valence-electron chi connectivity index (χ2n) is 6.64. The highest BCUT2D eigenvalue weighted by Gasteiger charge is 2.31. The van der Waals surface area contributed by atoms with Crippen LogP contribution in [0.25, 0.3) is 0 Å². The zero-order valence-electron chi connectivity index (χ0n) is 15.6. The first-order valence-corrected chi connectivity index (χ1v) is 11.4. The molecule has 2 aromatic carbocycles. The van der Waals surface area contributed by atoms with Crippen molar-refractivity contribution in [1.82, 2.24) is 4.72 Å². The van der Waals surface area contributed by atoms with Gasteiger partial charge >= 0.3 is 5.97 Å². The molecular formula is C19H19BrClNO6S. The van der Waals surface area contributed by atoms with Crippen LogP contribution >= 0.6 is 27.5 Å². The number of halogens is 2. The van der Waals surface area contributed by atoms with Gasteiger partial charge in [-0.15, -0.1) is 0 Å². The van der Waals surface area contributed by atoms with Crippen molar-refractivity contribution in [1.29, 1.82) is 0 Å². The minimum Gasteiger partial charge on any atom is -0.486 e. The van der Waals surface area contributed by atoms with Crippen molar-refractivity contribution >= 4 is 43.5 Å². The van der Waals surface area contributed by atoms with Gasteiger partial charge in [-0.2, -0.15) is 4.72 Å². The van der Waals surface area contributed by atoms with E-state index in [1.165, 1.54) is 24.3 Å². The predicted molar refractivity (Wildman–Crippen MR) is 111 cm³/mol. The van der Waals surface area contributed by atoms with Crippen molar-refractivity contribution in [3.8, 4) is 17.2 Å². The first-order chi connectivity index (χ1) is 13.7. The molecule has 0 aliphatic carbocycles. The first-order valence-electron chi connectivity index (χ1n) is 8.76. The smallest absolute Gasteiger partial charge is 0.329 e. The molecule has 0 fully saturated rings. The highest BCUT2D eigenvalue weighted by atomic mass is 79.9. The Morgan fingerprint density at radius 1 is 1.14 bits per heavy atom. The minimum atomic E-state index is -4.02. The van der Waals surface area contributed by atoms with Gasteiger partial charge in [-0.05, 0) is 36.2 Å². The summed E-state index contributed by atoms with van der Waals surface area (Å²) in [6.45, 7) is 4.15. The molecule has 1 aliphatic heterocycles. The third-order valence-corrected chi connectivity index (χ3v) is 6.36. The van der Waals surface area contributed by atoms with Gasteiger partial charge in [0.1, 0.15) is 25.0 Å². The standard InChI is InChI=1S/C19H19BrClNO6S/c1-11(2)18(19(23)28-15-5-3-12(20)9-14(15)21)22-29(24,25)13-4-6-16-17(10-13)27-8-7-26-16/h3-6,9-11,18,22H,7-8H2,1-2H3. The van der Waals surface area contributed by atoms with Gasteiger partial charge in [-0.25, -0.2) is 13.2 Å². The van der Waals surface area contributed by atoms with Gasteiger partial charge in [0.2, 0.25) is 10.0 Å². The number of hydrogen-bond acceptors (Lipinski definition) is 6. The van der Waals surface area contributed by atoms with E-state index in [1.54, 1.807) is 26.0 Å². The summed E-state index contributed by atoms with van der Waals surface area (Å²) in [5.74, 6) is -0.178. The van der Waals surface area contributed by atoms with Gasteiger partial charge in [0, 0.05) is 10.5 Å². The van der Waals surface area contributed by atoms with Gasteiger partial charge in [-0.1, -0.05) is 41.4 Å². The summed E-state index contributed by atoms with van der Waals surface area (Å²) in [6, 6.07) is 7.93. The van der Waals surface area contributed by atoms with Gasteiger partial charge in [0.05, 0.1) is 9.92 Å². The number of esters is 1. The van der Waals surface area contributed by atoms with Crippen molar-refractivity contribution in [2.75, 3.05) is 13.2 Å². The van der Waals surface area contributed by atoms with Crippen LogP contribution in [0.2, 0.25) is 5.02 Å². The molecule has 1 heterocycles. The molecular weight excluding hydrogens is 486 g/mol. The molecule has 0 amide bonds. The number of hydrogen-bond donors (Lipinski definition) is 1. The molecule has 0 saturated heterocycles. The van der Waals surface area contributed by atoms with E-state index in [4.69, 9.17) is 25.8 Å². The highest BCUT2D eigenvalue weighted by Crippen LogP contribution is 2.32. The van der Waals surface area contributed by atoms with Crippen LogP contribution in [-0.4, -0.2) is 33.6 Å². The molecule has 0 saturated carbocycles. The molecule has 0 aromatic heterocycles. The van der Waals surface area contributed by atoms with Crippen LogP contribution in [0.1, 0.15) is 13.8 Å². The van der Waals surface area contributed by atoms with Crippen LogP contribution in [0, 0.1) is 5.92 Å². The lowest BCUT2D eigenvalue weighted by molar-refractivity contribution is -0.137. The van der Waals surface area contributed by atoms with Crippen LogP contribution in [0.3, 0.4) is 0 Å². The fourth-order valence-corrected chi connectivity index (χ4v) is 4.67. The number of fused-ring (bicyclic) bond motifs is 1. The van der Waals surface area contributed by atoms with Gasteiger partial charge in [-0.3, -0.25) is 0 Å². The van der Waals surface area contributed by atoms with Gasteiger partial charge in [0.15, 0.2) is 11.5 Å². The van der Waals surface area contributed by atoms with Crippen molar-refractivity contribution in [3.05, 3.63) is 45.9 Å². The average Bonchev–Trinajstić information content (AvgIpc) is 2.67. The number of rotatable bonds is 6. The Morgan fingerprint density at radius 2 is 1.83 bits per heavy atom. The lowest BCUT2D eigenvalue weighted by Gasteiger charge is -2.22. The monoisotopic (exact) mass is 503 g/mol. The summed E-state index contributed by atoms with van der Waals surface area (Å²) in [7, 11) is -4.02. The third kappa shape index (κ3) is 5.22. The Labute approximate surface area is 182 Å². The van der Waals surface area contributed by atoms with Crippen LogP contribution in [-0.2, 0) is 14.8 Å². The minimum absolute atomic E-state index is 0.0399. The van der Waals surface area contributed by atoms with E-state index in [-0.39, 0.29) is 21.6 Å². The molecule has 0 bridgehead atoms. The fraction of sp³-hybridized carbons (Fsp3) is 0.316. The fourth-order valence-electron chi connectivity index (χ4n) is 2.61. The number of benzene rings is 2. The molecule has 10 heteroatoms. The molecule has 29 heavy (non-hydrogen) atoms. The Bertz CT molecular complexity index is 1030. The largest absolute Gasteiger partial charge is 0.486 e. The van der Waals surface area contributed by atoms with Crippen LogP contribution in [0.15, 0.2) is 45.8 Å². The summed E-state index contributed by atoms with van der Waals surface area (Å²) in [5, 5.41) is 0.227. The van der Waals surface area contributed by atoms with Crippen LogP contribution in [0.4, 0.5) is 0 Å². The Hall–Kier alpha value is -1.81. The van der Waals surface area contributed by atoms with E-state index in [0.717, 1.165) is 4.47 Å². The summed E-state index contributed by atoms with van der Waals surface area (Å²) >= 11 is 9.35. The third-order valence-electron chi connectivity index (χ3n) is 4.13. The number of sulfonamides is 1. The zero-order chi connectivity index (χ0) is 21.2. The van der Waals surface area contributed by atoms with E-state index < -0.39 is 22.0 Å². The van der Waals surface area contributed by atoms with Crippen molar-refractivity contribution < 1.29 is 27.4 Å². The SMILES string of the molecule is CC(C)C(NS(=O)(=O)c1ccc2c(c1)OCCO2)C(=O)Oc1ccc(Br)cc1Cl. The zero-order valence-corrected chi connectivity index (χ0v) is 18.8. The van der Waals surface area contributed by atoms with Gasteiger partial charge < -0.3 is 14.2 Å². The molecule has 0 radical (unpaired) electrons. The highest BCUT2D eigenvalue weighted by molar-refractivity contribution is 9.10. The maximum atomic E-state index is 12.9. The van der Waals surface area contributed by atoms with E-state index in [0.29, 0.717) is 24.7 Å². The predicted octanol–water partition coefficient (Wildman–Crippen LogP) is 3.78. The molecule has 1 aliphatic rings. The maximum Gasteiger partial charge on any atom is 0.329 e. The summed E-state index contributed by atoms with van der Waals surface area (Å²) in [5.41, 5.74) is 0. The van der Waals surface area contributed by atoms with Gasteiger partial charge in [0.25, 0.3) is 0 Å². The van der Waals surface area contributed by atoms with E-state index in [1.807, 2.05) is 0 Å². The Kier molecular flexibility index (Phi) is 6.72. The summed E-state index contributed by atoms with van der Waals surface area (Å²) in [6.07, 6.45) is 0. The summed E-state index contributed by atoms with van der Waals surface area (Å²) < 4.78 is 45.0. The number of carbonyl (C=O) groups is 1. The average molecular weight is 505 g/mol. The number of ether oxygens (including phenoxy) is 3. The maximum absolute atomic E-state index is 12.9. The van der Waals surface area contributed by atoms with E-state index in [9.17, 15) is 13.2 Å². The van der Waals surface area contributed by atoms with Crippen LogP contribution < -0.4 is 18.9 Å². The quantitative estimate of drug-likeness (QED) is 0.476. The molecule has 156 valence electrons. The molecule has 1 N–H and O–H groups in total. The summed E-state index contributed by atoms with van der Waals surface area (Å²) in [4.78, 5) is 12.6. The molecule has 3 rings (SSSR count). The molecule has 2 aromatic rings. The molecule has 1 unspecified atom stereocenters. The molecule has 0 spiro atoms. The van der Waals surface area contributed by atoms with Crippen molar-refractivity contribution in [2.24, 2.45) is 5.92 Å². The molecule has 7 nitrogen and oxygen atoms in total. The number of nitrogens with one attached hydrogen (secondary N) is 1. The lowest BCUT2D eigenvalue weighted by atomic mass is 10.1. The normalized spacial score (nSPS) is 14.5. The van der Waals surface area contributed by atoms with Crippen molar-refractivity contribution in [3.63, 3.8) is 0 Å². The Balaban J connectivity index is 1.81. The van der Waals surface area contributed by atoms with Crippen LogP contribution in [0.5, 0.6) is 17.2 Å². The second-order valence-corrected chi connectivity index (χ2v) is 9.68. The second kappa shape index (κ2) is 8.91. The number of carbonyl (C=O) groups excluding carboxylic acids is 1. The van der Waals surface area contributed by atoms with E-state index in [2.05, 4.69) is 20.7 Å². The Morgan fingerprint density at radius 3 is 2.48 bits per heavy atom.